The summed E-state index contributed by atoms with van der Waals surface area (Å²) in [6, 6.07) is 12.3. The normalized spacial score (nSPS) is 10.7. The zero-order valence-corrected chi connectivity index (χ0v) is 18.6. The second kappa shape index (κ2) is 10.9. The molecule has 1 aromatic heterocycles. The van der Waals surface area contributed by atoms with Crippen molar-refractivity contribution in [2.75, 3.05) is 17.2 Å². The van der Waals surface area contributed by atoms with Gasteiger partial charge in [-0.25, -0.2) is 14.0 Å². The summed E-state index contributed by atoms with van der Waals surface area (Å²) in [6.07, 6.45) is 0. The van der Waals surface area contributed by atoms with Crippen LogP contribution in [0.3, 0.4) is 0 Å². The summed E-state index contributed by atoms with van der Waals surface area (Å²) in [5, 5.41) is 13.4. The van der Waals surface area contributed by atoms with Crippen LogP contribution in [0.4, 0.5) is 20.0 Å². The minimum atomic E-state index is -0.536. The zero-order valence-electron chi connectivity index (χ0n) is 16.9. The fourth-order valence-electron chi connectivity index (χ4n) is 2.40. The van der Waals surface area contributed by atoms with Gasteiger partial charge < -0.3 is 10.1 Å². The molecule has 2 aromatic carbocycles. The largest absolute Gasteiger partial charge is 0.462 e. The van der Waals surface area contributed by atoms with Crippen molar-refractivity contribution in [3.63, 3.8) is 0 Å². The van der Waals surface area contributed by atoms with Crippen LogP contribution in [0.1, 0.15) is 29.8 Å². The van der Waals surface area contributed by atoms with Crippen molar-refractivity contribution in [1.82, 2.24) is 10.2 Å². The SMILES string of the molecule is CC(C)COC(=O)c1cccc(CSc2nnc(NC(=O)Nc3cccc(F)c3)s2)c1. The van der Waals surface area contributed by atoms with Gasteiger partial charge in [0, 0.05) is 11.4 Å². The highest BCUT2D eigenvalue weighted by Gasteiger charge is 2.11. The Morgan fingerprint density at radius 3 is 2.71 bits per heavy atom. The molecule has 0 atom stereocenters. The summed E-state index contributed by atoms with van der Waals surface area (Å²) in [6.45, 7) is 4.35. The molecule has 0 radical (unpaired) electrons. The van der Waals surface area contributed by atoms with Crippen molar-refractivity contribution < 1.29 is 18.7 Å². The summed E-state index contributed by atoms with van der Waals surface area (Å²) >= 11 is 2.66. The van der Waals surface area contributed by atoms with E-state index in [9.17, 15) is 14.0 Å². The van der Waals surface area contributed by atoms with E-state index in [1.807, 2.05) is 26.0 Å². The Morgan fingerprint density at radius 1 is 1.13 bits per heavy atom. The molecule has 2 N–H and O–H groups in total. The van der Waals surface area contributed by atoms with Gasteiger partial charge in [0.25, 0.3) is 0 Å². The summed E-state index contributed by atoms with van der Waals surface area (Å²) in [4.78, 5) is 24.1. The van der Waals surface area contributed by atoms with Crippen LogP contribution >= 0.6 is 23.1 Å². The molecule has 3 rings (SSSR count). The fraction of sp³-hybridized carbons (Fsp3) is 0.238. The van der Waals surface area contributed by atoms with Crippen LogP contribution in [-0.4, -0.2) is 28.8 Å². The smallest absolute Gasteiger partial charge is 0.338 e. The standard InChI is InChI=1S/C21H21FN4O3S2/c1-13(2)11-29-18(27)15-6-3-5-14(9-15)12-30-21-26-25-20(31-21)24-19(28)23-17-8-4-7-16(22)10-17/h3-10,13H,11-12H2,1-2H3,(H2,23,24,25,28). The van der Waals surface area contributed by atoms with Crippen LogP contribution in [0.25, 0.3) is 0 Å². The fourth-order valence-corrected chi connectivity index (χ4v) is 4.09. The number of hydrogen-bond donors (Lipinski definition) is 2. The first-order chi connectivity index (χ1) is 14.9. The lowest BCUT2D eigenvalue weighted by Gasteiger charge is -2.08. The first-order valence-corrected chi connectivity index (χ1v) is 11.2. The second-order valence-electron chi connectivity index (χ2n) is 6.94. The monoisotopic (exact) mass is 460 g/mol. The molecule has 31 heavy (non-hydrogen) atoms. The number of esters is 1. The number of urea groups is 1. The van der Waals surface area contributed by atoms with Crippen molar-refractivity contribution in [3.8, 4) is 0 Å². The van der Waals surface area contributed by atoms with Crippen LogP contribution in [0.5, 0.6) is 0 Å². The number of rotatable bonds is 8. The van der Waals surface area contributed by atoms with E-state index in [1.165, 1.54) is 41.3 Å². The number of benzene rings is 2. The number of nitrogens with one attached hydrogen (secondary N) is 2. The van der Waals surface area contributed by atoms with Crippen LogP contribution in [0.15, 0.2) is 52.9 Å². The van der Waals surface area contributed by atoms with Gasteiger partial charge in [0.05, 0.1) is 12.2 Å². The Hall–Kier alpha value is -2.98. The maximum Gasteiger partial charge on any atom is 0.338 e. The van der Waals surface area contributed by atoms with Crippen LogP contribution < -0.4 is 10.6 Å². The van der Waals surface area contributed by atoms with E-state index in [2.05, 4.69) is 20.8 Å². The maximum absolute atomic E-state index is 13.2. The van der Waals surface area contributed by atoms with Crippen LogP contribution in [-0.2, 0) is 10.5 Å². The maximum atomic E-state index is 13.2. The molecule has 7 nitrogen and oxygen atoms in total. The second-order valence-corrected chi connectivity index (χ2v) is 9.14. The van der Waals surface area contributed by atoms with E-state index in [0.29, 0.717) is 33.1 Å². The van der Waals surface area contributed by atoms with Crippen LogP contribution in [0, 0.1) is 11.7 Å². The molecule has 0 aliphatic heterocycles. The topological polar surface area (TPSA) is 93.2 Å². The van der Waals surface area contributed by atoms with Crippen molar-refractivity contribution >= 4 is 45.9 Å². The van der Waals surface area contributed by atoms with Gasteiger partial charge in [0.1, 0.15) is 5.82 Å². The Labute approximate surface area is 187 Å². The Balaban J connectivity index is 1.51. The quantitative estimate of drug-likeness (QED) is 0.265. The molecule has 0 saturated heterocycles. The lowest BCUT2D eigenvalue weighted by atomic mass is 10.1. The molecule has 10 heteroatoms. The highest BCUT2D eigenvalue weighted by molar-refractivity contribution is 8.00. The van der Waals surface area contributed by atoms with Gasteiger partial charge in [-0.2, -0.15) is 0 Å². The molecule has 0 bridgehead atoms. The first kappa shape index (κ1) is 22.7. The molecule has 0 saturated carbocycles. The Kier molecular flexibility index (Phi) is 7.96. The van der Waals surface area contributed by atoms with E-state index < -0.39 is 11.8 Å². The molecule has 0 spiro atoms. The average molecular weight is 461 g/mol. The van der Waals surface area contributed by atoms with E-state index in [0.717, 1.165) is 5.56 Å². The van der Waals surface area contributed by atoms with Crippen LogP contribution in [0.2, 0.25) is 0 Å². The number of aromatic nitrogens is 2. The third kappa shape index (κ3) is 7.34. The molecular weight excluding hydrogens is 439 g/mol. The van der Waals surface area contributed by atoms with Gasteiger partial charge in [0.2, 0.25) is 5.13 Å². The third-order valence-corrected chi connectivity index (χ3v) is 5.83. The highest BCUT2D eigenvalue weighted by atomic mass is 32.2. The number of carbonyl (C=O) groups is 2. The molecule has 1 heterocycles. The summed E-state index contributed by atoms with van der Waals surface area (Å²) in [5.41, 5.74) is 1.79. The number of thioether (sulfide) groups is 1. The first-order valence-electron chi connectivity index (χ1n) is 9.45. The van der Waals surface area contributed by atoms with Gasteiger partial charge in [-0.05, 0) is 41.8 Å². The van der Waals surface area contributed by atoms with Gasteiger partial charge in [-0.15, -0.1) is 10.2 Å². The Bertz CT molecular complexity index is 1060. The predicted octanol–water partition coefficient (Wildman–Crippen LogP) is 5.43. The van der Waals surface area contributed by atoms with Gasteiger partial charge in [-0.1, -0.05) is 55.1 Å². The number of hydrogen-bond acceptors (Lipinski definition) is 7. The van der Waals surface area contributed by atoms with Gasteiger partial charge in [-0.3, -0.25) is 5.32 Å². The summed E-state index contributed by atoms with van der Waals surface area (Å²) in [7, 11) is 0. The zero-order chi connectivity index (χ0) is 22.2. The molecule has 0 fully saturated rings. The van der Waals surface area contributed by atoms with Gasteiger partial charge >= 0.3 is 12.0 Å². The van der Waals surface area contributed by atoms with E-state index in [4.69, 9.17) is 4.74 Å². The van der Waals surface area contributed by atoms with E-state index in [1.54, 1.807) is 18.2 Å². The number of ether oxygens (including phenoxy) is 1. The summed E-state index contributed by atoms with van der Waals surface area (Å²) < 4.78 is 19.1. The third-order valence-electron chi connectivity index (χ3n) is 3.78. The number of amides is 2. The van der Waals surface area contributed by atoms with Crippen molar-refractivity contribution in [1.29, 1.82) is 0 Å². The molecule has 0 aliphatic rings. The molecule has 0 unspecified atom stereocenters. The number of carbonyl (C=O) groups excluding carboxylic acids is 2. The van der Waals surface area contributed by atoms with Crippen molar-refractivity contribution in [2.45, 2.75) is 23.9 Å². The Morgan fingerprint density at radius 2 is 1.94 bits per heavy atom. The lowest BCUT2D eigenvalue weighted by Crippen LogP contribution is -2.19. The molecule has 162 valence electrons. The van der Waals surface area contributed by atoms with Crippen molar-refractivity contribution in [3.05, 3.63) is 65.5 Å². The van der Waals surface area contributed by atoms with Crippen molar-refractivity contribution in [2.24, 2.45) is 5.92 Å². The highest BCUT2D eigenvalue weighted by Crippen LogP contribution is 2.28. The predicted molar refractivity (Wildman–Crippen MR) is 120 cm³/mol. The minimum Gasteiger partial charge on any atom is -0.462 e. The number of nitrogens with zero attached hydrogens (tertiary/aromatic N) is 2. The minimum absolute atomic E-state index is 0.277. The summed E-state index contributed by atoms with van der Waals surface area (Å²) in [5.74, 6) is 0.0749. The molecule has 2 amide bonds. The average Bonchev–Trinajstić information content (AvgIpc) is 3.17. The lowest BCUT2D eigenvalue weighted by molar-refractivity contribution is 0.0459. The van der Waals surface area contributed by atoms with E-state index >= 15 is 0 Å². The number of halogens is 1. The molecule has 0 aliphatic carbocycles. The van der Waals surface area contributed by atoms with Gasteiger partial charge in [0.15, 0.2) is 4.34 Å². The van der Waals surface area contributed by atoms with E-state index in [-0.39, 0.29) is 11.9 Å². The molecule has 3 aromatic rings. The number of anilines is 2. The molecular formula is C21H21FN4O3S2.